The van der Waals surface area contributed by atoms with Gasteiger partial charge in [-0.1, -0.05) is 31.1 Å². The summed E-state index contributed by atoms with van der Waals surface area (Å²) in [5, 5.41) is 7.66. The number of nitrogens with zero attached hydrogens (tertiary/aromatic N) is 3. The van der Waals surface area contributed by atoms with Crippen LogP contribution >= 0.6 is 0 Å². The summed E-state index contributed by atoms with van der Waals surface area (Å²) >= 11 is 0. The second-order valence-electron chi connectivity index (χ2n) is 9.43. The molecule has 1 aliphatic rings. The number of aromatic amines is 1. The maximum Gasteiger partial charge on any atom is 0.280 e. The van der Waals surface area contributed by atoms with Gasteiger partial charge in [-0.15, -0.1) is 0 Å². The number of carbonyl (C=O) groups is 2. The van der Waals surface area contributed by atoms with Gasteiger partial charge in [-0.2, -0.15) is 0 Å². The highest BCUT2D eigenvalue weighted by molar-refractivity contribution is 5.97. The highest BCUT2D eigenvalue weighted by atomic mass is 19.1. The quantitative estimate of drug-likeness (QED) is 0.442. The van der Waals surface area contributed by atoms with Crippen molar-refractivity contribution in [3.8, 4) is 0 Å². The van der Waals surface area contributed by atoms with Crippen molar-refractivity contribution in [1.29, 1.82) is 0 Å². The van der Waals surface area contributed by atoms with Crippen LogP contribution in [-0.2, 0) is 4.79 Å². The number of rotatable bonds is 5. The molecule has 1 atom stereocenters. The van der Waals surface area contributed by atoms with Crippen LogP contribution in [0.15, 0.2) is 51.8 Å². The Morgan fingerprint density at radius 2 is 1.92 bits per heavy atom. The molecular formula is C26H26FN5O4. The van der Waals surface area contributed by atoms with Crippen LogP contribution < -0.4 is 10.9 Å². The van der Waals surface area contributed by atoms with Gasteiger partial charge < -0.3 is 19.7 Å². The van der Waals surface area contributed by atoms with E-state index < -0.39 is 17.5 Å². The number of piperidine rings is 1. The molecule has 2 amide bonds. The number of hydrogen-bond acceptors (Lipinski definition) is 6. The van der Waals surface area contributed by atoms with E-state index in [1.54, 1.807) is 35.2 Å². The van der Waals surface area contributed by atoms with E-state index in [4.69, 9.17) is 4.52 Å². The van der Waals surface area contributed by atoms with Crippen LogP contribution in [0.3, 0.4) is 0 Å². The van der Waals surface area contributed by atoms with Crippen molar-refractivity contribution in [1.82, 2.24) is 25.3 Å². The Morgan fingerprint density at radius 1 is 1.17 bits per heavy atom. The van der Waals surface area contributed by atoms with Gasteiger partial charge in [-0.25, -0.2) is 9.37 Å². The molecule has 0 bridgehead atoms. The fraction of sp³-hybridized carbons (Fsp3) is 0.346. The third-order valence-electron chi connectivity index (χ3n) is 6.69. The van der Waals surface area contributed by atoms with Crippen molar-refractivity contribution in [2.45, 2.75) is 38.6 Å². The molecule has 4 aromatic rings. The second-order valence-corrected chi connectivity index (χ2v) is 9.43. The van der Waals surface area contributed by atoms with Gasteiger partial charge >= 0.3 is 0 Å². The van der Waals surface area contributed by atoms with E-state index in [0.717, 1.165) is 11.1 Å². The van der Waals surface area contributed by atoms with Gasteiger partial charge in [0.25, 0.3) is 11.5 Å². The van der Waals surface area contributed by atoms with E-state index in [2.05, 4.69) is 20.4 Å². The van der Waals surface area contributed by atoms with Crippen LogP contribution in [0.4, 0.5) is 4.39 Å². The Kier molecular flexibility index (Phi) is 6.26. The van der Waals surface area contributed by atoms with E-state index in [0.29, 0.717) is 42.5 Å². The van der Waals surface area contributed by atoms with Crippen LogP contribution in [0.2, 0.25) is 0 Å². The highest BCUT2D eigenvalue weighted by Gasteiger charge is 2.33. The number of likely N-dealkylation sites (tertiary alicyclic amines) is 1. The molecule has 10 heteroatoms. The summed E-state index contributed by atoms with van der Waals surface area (Å²) in [6.07, 6.45) is 1.32. The first kappa shape index (κ1) is 23.7. The predicted molar refractivity (Wildman–Crippen MR) is 131 cm³/mol. The average Bonchev–Trinajstić information content (AvgIpc) is 3.29. The van der Waals surface area contributed by atoms with Crippen LogP contribution in [-0.4, -0.2) is 51.0 Å². The lowest BCUT2D eigenvalue weighted by atomic mass is 9.90. The van der Waals surface area contributed by atoms with Crippen molar-refractivity contribution in [2.75, 3.05) is 13.1 Å². The maximum atomic E-state index is 13.5. The smallest absolute Gasteiger partial charge is 0.280 e. The van der Waals surface area contributed by atoms with Crippen molar-refractivity contribution < 1.29 is 18.5 Å². The molecule has 5 rings (SSSR count). The molecule has 2 aromatic heterocycles. The van der Waals surface area contributed by atoms with E-state index in [1.807, 2.05) is 13.8 Å². The minimum absolute atomic E-state index is 0.0770. The molecule has 2 aromatic carbocycles. The molecule has 0 saturated carbocycles. The van der Waals surface area contributed by atoms with E-state index in [9.17, 15) is 18.8 Å². The summed E-state index contributed by atoms with van der Waals surface area (Å²) < 4.78 is 18.8. The minimum atomic E-state index is -0.808. The standard InChI is InChI=1S/C26H26FN5O4/c1-14(2)21(30-25(34)23-24(33)29-19-6-4-3-5-18(19)28-23)26(35)32-11-9-15(10-12-32)22-17-8-7-16(27)13-20(17)36-31-22/h3-8,13-15,21H,9-12H2,1-2H3,(H,29,33)(H,30,34)/t21-/m0/s1. The SMILES string of the molecule is CC(C)[C@H](NC(=O)c1nc2ccccc2[nH]c1=O)C(=O)N1CCC(c2noc3cc(F)ccc23)CC1. The molecule has 1 aliphatic heterocycles. The van der Waals surface area contributed by atoms with Crippen molar-refractivity contribution in [2.24, 2.45) is 5.92 Å². The van der Waals surface area contributed by atoms with Gasteiger partial charge in [0.05, 0.1) is 16.7 Å². The van der Waals surface area contributed by atoms with Crippen molar-refractivity contribution >= 4 is 33.8 Å². The summed E-state index contributed by atoms with van der Waals surface area (Å²) in [7, 11) is 0. The van der Waals surface area contributed by atoms with Gasteiger partial charge in [-0.05, 0) is 43.0 Å². The number of benzene rings is 2. The first-order valence-corrected chi connectivity index (χ1v) is 12.0. The van der Waals surface area contributed by atoms with E-state index in [-0.39, 0.29) is 29.3 Å². The van der Waals surface area contributed by atoms with Gasteiger partial charge in [0, 0.05) is 30.5 Å². The molecule has 0 aliphatic carbocycles. The lowest BCUT2D eigenvalue weighted by molar-refractivity contribution is -0.135. The predicted octanol–water partition coefficient (Wildman–Crippen LogP) is 3.36. The van der Waals surface area contributed by atoms with Crippen molar-refractivity contribution in [3.05, 3.63) is 70.0 Å². The summed E-state index contributed by atoms with van der Waals surface area (Å²) in [6, 6.07) is 10.5. The molecule has 0 spiro atoms. The third-order valence-corrected chi connectivity index (χ3v) is 6.69. The molecule has 0 unspecified atom stereocenters. The average molecular weight is 492 g/mol. The maximum absolute atomic E-state index is 13.5. The van der Waals surface area contributed by atoms with Crippen LogP contribution in [0.1, 0.15) is 48.8 Å². The van der Waals surface area contributed by atoms with Gasteiger partial charge in [0.1, 0.15) is 11.9 Å². The molecule has 36 heavy (non-hydrogen) atoms. The number of hydrogen-bond donors (Lipinski definition) is 2. The first-order chi connectivity index (χ1) is 17.3. The molecule has 1 fully saturated rings. The van der Waals surface area contributed by atoms with E-state index >= 15 is 0 Å². The largest absolute Gasteiger partial charge is 0.356 e. The number of amides is 2. The zero-order valence-electron chi connectivity index (χ0n) is 20.0. The number of halogens is 1. The summed E-state index contributed by atoms with van der Waals surface area (Å²) in [4.78, 5) is 47.4. The fourth-order valence-electron chi connectivity index (χ4n) is 4.70. The fourth-order valence-corrected chi connectivity index (χ4v) is 4.70. The number of para-hydroxylation sites is 2. The lowest BCUT2D eigenvalue weighted by Gasteiger charge is -2.35. The molecule has 0 radical (unpaired) electrons. The number of carbonyl (C=O) groups excluding carboxylic acids is 2. The van der Waals surface area contributed by atoms with Gasteiger partial charge in [0.2, 0.25) is 5.91 Å². The summed E-state index contributed by atoms with van der Waals surface area (Å²) in [5.41, 5.74) is 1.31. The number of H-pyrrole nitrogens is 1. The Bertz CT molecular complexity index is 1500. The molecule has 2 N–H and O–H groups in total. The Labute approximate surface area is 205 Å². The number of aromatic nitrogens is 3. The molecule has 186 valence electrons. The normalized spacial score (nSPS) is 15.5. The molecule has 3 heterocycles. The topological polar surface area (TPSA) is 121 Å². The Balaban J connectivity index is 1.28. The monoisotopic (exact) mass is 491 g/mol. The second kappa shape index (κ2) is 9.52. The summed E-state index contributed by atoms with van der Waals surface area (Å²) in [6.45, 7) is 4.64. The van der Waals surface area contributed by atoms with Crippen LogP contribution in [0, 0.1) is 11.7 Å². The van der Waals surface area contributed by atoms with Gasteiger partial charge in [0.15, 0.2) is 11.3 Å². The van der Waals surface area contributed by atoms with E-state index in [1.165, 1.54) is 12.1 Å². The first-order valence-electron chi connectivity index (χ1n) is 12.0. The van der Waals surface area contributed by atoms with Crippen LogP contribution in [0.25, 0.3) is 22.0 Å². The lowest BCUT2D eigenvalue weighted by Crippen LogP contribution is -2.53. The van der Waals surface area contributed by atoms with Crippen LogP contribution in [0.5, 0.6) is 0 Å². The van der Waals surface area contributed by atoms with Crippen molar-refractivity contribution in [3.63, 3.8) is 0 Å². The molecular weight excluding hydrogens is 465 g/mol. The van der Waals surface area contributed by atoms with Gasteiger partial charge in [-0.3, -0.25) is 14.4 Å². The highest BCUT2D eigenvalue weighted by Crippen LogP contribution is 2.33. The minimum Gasteiger partial charge on any atom is -0.356 e. The summed E-state index contributed by atoms with van der Waals surface area (Å²) in [5.74, 6) is -1.40. The number of nitrogens with one attached hydrogen (secondary N) is 2. The zero-order valence-corrected chi connectivity index (χ0v) is 20.0. The molecule has 9 nitrogen and oxygen atoms in total. The molecule has 1 saturated heterocycles. The zero-order chi connectivity index (χ0) is 25.4. The number of fused-ring (bicyclic) bond motifs is 2. The Morgan fingerprint density at radius 3 is 2.67 bits per heavy atom. The Hall–Kier alpha value is -4.08. The third kappa shape index (κ3) is 4.46.